The number of aromatic nitrogens is 4. The van der Waals surface area contributed by atoms with Crippen LogP contribution in [0.25, 0.3) is 21.9 Å². The fourth-order valence-electron chi connectivity index (χ4n) is 6.63. The second-order valence-electron chi connectivity index (χ2n) is 12.2. The van der Waals surface area contributed by atoms with Crippen molar-refractivity contribution in [2.45, 2.75) is 39.3 Å². The van der Waals surface area contributed by atoms with E-state index in [0.717, 1.165) is 65.8 Å². The molecule has 1 atom stereocenters. The van der Waals surface area contributed by atoms with E-state index in [1.807, 2.05) is 30.3 Å². The van der Waals surface area contributed by atoms with E-state index in [9.17, 15) is 9.59 Å². The van der Waals surface area contributed by atoms with Crippen molar-refractivity contribution in [3.05, 3.63) is 42.0 Å². The highest BCUT2D eigenvalue weighted by molar-refractivity contribution is 5.92. The predicted octanol–water partition coefficient (Wildman–Crippen LogP) is 3.09. The first-order chi connectivity index (χ1) is 22.9. The van der Waals surface area contributed by atoms with Crippen LogP contribution < -0.4 is 24.4 Å². The number of methoxy groups -OCH3 is 3. The number of carbonyl (C=O) groups is 2. The van der Waals surface area contributed by atoms with Gasteiger partial charge >= 0.3 is 0 Å². The molecule has 0 aliphatic carbocycles. The molecule has 47 heavy (non-hydrogen) atoms. The molecule has 2 aliphatic heterocycles. The number of amides is 2. The molecule has 4 heterocycles. The van der Waals surface area contributed by atoms with Crippen LogP contribution in [0.3, 0.4) is 0 Å². The second kappa shape index (κ2) is 14.4. The van der Waals surface area contributed by atoms with Gasteiger partial charge in [-0.15, -0.1) is 0 Å². The van der Waals surface area contributed by atoms with Gasteiger partial charge in [-0.2, -0.15) is 15.0 Å². The minimum atomic E-state index is -0.126. The highest BCUT2D eigenvalue weighted by Gasteiger charge is 2.27. The number of nitrogens with one attached hydrogen (secondary N) is 1. The summed E-state index contributed by atoms with van der Waals surface area (Å²) in [6, 6.07) is 11.6. The van der Waals surface area contributed by atoms with Gasteiger partial charge in [0.1, 0.15) is 23.4 Å². The van der Waals surface area contributed by atoms with Gasteiger partial charge in [-0.05, 0) is 43.5 Å². The minimum Gasteiger partial charge on any atom is -0.493 e. The van der Waals surface area contributed by atoms with Crippen molar-refractivity contribution in [2.75, 3.05) is 72.0 Å². The molecular formula is C34H44N8O5. The maximum atomic E-state index is 13.6. The predicted molar refractivity (Wildman–Crippen MR) is 179 cm³/mol. The number of piperidine rings is 1. The summed E-state index contributed by atoms with van der Waals surface area (Å²) in [5.41, 5.74) is 3.30. The number of ether oxygens (including phenoxy) is 3. The number of nitrogens with zero attached hydrogens (tertiary/aromatic N) is 7. The van der Waals surface area contributed by atoms with Crippen LogP contribution in [-0.2, 0) is 22.7 Å². The molecule has 250 valence electrons. The van der Waals surface area contributed by atoms with E-state index in [1.165, 1.54) is 4.80 Å². The smallest absolute Gasteiger partial charge is 0.246 e. The van der Waals surface area contributed by atoms with Crippen molar-refractivity contribution >= 4 is 39.6 Å². The van der Waals surface area contributed by atoms with E-state index in [-0.39, 0.29) is 30.7 Å². The molecule has 4 aromatic rings. The standard InChI is InChI=1S/C34H44N8O5/c1-5-39-15-16-40(31(44)22-42-37-26-10-6-7-11-27(26)38-42)14-12-30(43)35-19-23-9-8-13-41(20-23)34-24(21-39)17-25-28(36-34)18-29(45-2)33(47-4)32(25)46-3/h6-7,10-11,17-18,23H,5,8-9,12-16,19-22H2,1-4H3,(H,35,43). The fourth-order valence-corrected chi connectivity index (χ4v) is 6.63. The lowest BCUT2D eigenvalue weighted by atomic mass is 9.97. The van der Waals surface area contributed by atoms with Crippen LogP contribution in [0.4, 0.5) is 5.82 Å². The van der Waals surface area contributed by atoms with Crippen molar-refractivity contribution in [1.82, 2.24) is 35.1 Å². The highest BCUT2D eigenvalue weighted by atomic mass is 16.5. The average Bonchev–Trinajstić information content (AvgIpc) is 3.50. The Hall–Kier alpha value is -4.65. The van der Waals surface area contributed by atoms with Gasteiger partial charge in [0.05, 0.1) is 26.8 Å². The fraction of sp³-hybridized carbons (Fsp3) is 0.500. The van der Waals surface area contributed by atoms with E-state index in [4.69, 9.17) is 19.2 Å². The number of benzene rings is 2. The molecule has 2 aromatic heterocycles. The van der Waals surface area contributed by atoms with E-state index < -0.39 is 0 Å². The second-order valence-corrected chi connectivity index (χ2v) is 12.2. The number of pyridine rings is 1. The molecule has 0 saturated carbocycles. The molecule has 1 N–H and O–H groups in total. The third kappa shape index (κ3) is 7.04. The summed E-state index contributed by atoms with van der Waals surface area (Å²) >= 11 is 0. The third-order valence-electron chi connectivity index (χ3n) is 9.18. The Bertz CT molecular complexity index is 1710. The van der Waals surface area contributed by atoms with Crippen LogP contribution in [0.15, 0.2) is 36.4 Å². The van der Waals surface area contributed by atoms with Crippen molar-refractivity contribution in [2.24, 2.45) is 5.92 Å². The molecule has 0 radical (unpaired) electrons. The number of rotatable bonds is 6. The zero-order valence-corrected chi connectivity index (χ0v) is 27.7. The van der Waals surface area contributed by atoms with Crippen molar-refractivity contribution in [1.29, 1.82) is 0 Å². The Morgan fingerprint density at radius 3 is 2.43 bits per heavy atom. The molecule has 1 unspecified atom stereocenters. The van der Waals surface area contributed by atoms with Gasteiger partial charge in [0.25, 0.3) is 0 Å². The molecule has 13 heteroatoms. The Morgan fingerprint density at radius 2 is 1.72 bits per heavy atom. The number of likely N-dealkylation sites (N-methyl/N-ethyl adjacent to an activating group) is 1. The maximum Gasteiger partial charge on any atom is 0.246 e. The maximum absolute atomic E-state index is 13.6. The van der Waals surface area contributed by atoms with Gasteiger partial charge in [-0.1, -0.05) is 19.1 Å². The van der Waals surface area contributed by atoms with Gasteiger partial charge in [0, 0.05) is 69.3 Å². The Balaban J connectivity index is 1.33. The normalized spacial score (nSPS) is 18.3. The Labute approximate surface area is 274 Å². The zero-order valence-electron chi connectivity index (χ0n) is 27.7. The largest absolute Gasteiger partial charge is 0.493 e. The minimum absolute atomic E-state index is 0.00326. The van der Waals surface area contributed by atoms with Crippen LogP contribution in [-0.4, -0.2) is 109 Å². The zero-order chi connectivity index (χ0) is 32.9. The summed E-state index contributed by atoms with van der Waals surface area (Å²) in [4.78, 5) is 39.7. The first-order valence-electron chi connectivity index (χ1n) is 16.3. The average molecular weight is 645 g/mol. The third-order valence-corrected chi connectivity index (χ3v) is 9.18. The molecule has 13 nitrogen and oxygen atoms in total. The lowest BCUT2D eigenvalue weighted by molar-refractivity contribution is -0.133. The van der Waals surface area contributed by atoms with Crippen LogP contribution in [0, 0.1) is 5.92 Å². The molecule has 2 bridgehead atoms. The first kappa shape index (κ1) is 32.3. The van der Waals surface area contributed by atoms with E-state index in [1.54, 1.807) is 26.2 Å². The topological polar surface area (TPSA) is 127 Å². The molecule has 2 aliphatic rings. The van der Waals surface area contributed by atoms with Gasteiger partial charge in [0.2, 0.25) is 17.6 Å². The van der Waals surface area contributed by atoms with Gasteiger partial charge in [-0.3, -0.25) is 14.5 Å². The molecular weight excluding hydrogens is 600 g/mol. The number of anilines is 1. The summed E-state index contributed by atoms with van der Waals surface area (Å²) in [5.74, 6) is 2.67. The van der Waals surface area contributed by atoms with Gasteiger partial charge < -0.3 is 29.3 Å². The SMILES string of the molecule is CCN1CCN(C(=O)Cn2nc3ccccc3n2)CCC(=O)NCC2CCCN(C2)c2nc3cc(OC)c(OC)c(OC)c3cc2C1. The van der Waals surface area contributed by atoms with Crippen LogP contribution >= 0.6 is 0 Å². The van der Waals surface area contributed by atoms with Gasteiger partial charge in [-0.25, -0.2) is 4.98 Å². The van der Waals surface area contributed by atoms with Crippen LogP contribution in [0.1, 0.15) is 31.7 Å². The quantitative estimate of drug-likeness (QED) is 0.335. The van der Waals surface area contributed by atoms with Gasteiger partial charge in [0.15, 0.2) is 11.5 Å². The molecule has 2 aromatic carbocycles. The van der Waals surface area contributed by atoms with E-state index >= 15 is 0 Å². The monoisotopic (exact) mass is 644 g/mol. The molecule has 6 rings (SSSR count). The number of hydrogen-bond acceptors (Lipinski definition) is 10. The van der Waals surface area contributed by atoms with Crippen molar-refractivity contribution in [3.63, 3.8) is 0 Å². The molecule has 1 saturated heterocycles. The van der Waals surface area contributed by atoms with E-state index in [0.29, 0.717) is 50.0 Å². The summed E-state index contributed by atoms with van der Waals surface area (Å²) in [6.45, 7) is 7.15. The number of hydrogen-bond donors (Lipinski definition) is 1. The molecule has 2 amide bonds. The first-order valence-corrected chi connectivity index (χ1v) is 16.3. The van der Waals surface area contributed by atoms with E-state index in [2.05, 4.69) is 38.3 Å². The van der Waals surface area contributed by atoms with Crippen LogP contribution in [0.5, 0.6) is 17.2 Å². The summed E-state index contributed by atoms with van der Waals surface area (Å²) < 4.78 is 17.2. The highest BCUT2D eigenvalue weighted by Crippen LogP contribution is 2.44. The summed E-state index contributed by atoms with van der Waals surface area (Å²) in [7, 11) is 4.83. The van der Waals surface area contributed by atoms with Crippen molar-refractivity contribution in [3.8, 4) is 17.2 Å². The number of carbonyl (C=O) groups excluding carboxylic acids is 2. The summed E-state index contributed by atoms with van der Waals surface area (Å²) in [5, 5.41) is 12.9. The Morgan fingerprint density at radius 1 is 0.957 bits per heavy atom. The Kier molecular flexibility index (Phi) is 9.90. The molecule has 0 spiro atoms. The summed E-state index contributed by atoms with van der Waals surface area (Å²) in [6.07, 6.45) is 2.26. The van der Waals surface area contributed by atoms with Crippen LogP contribution in [0.2, 0.25) is 0 Å². The lowest BCUT2D eigenvalue weighted by Crippen LogP contribution is -2.43. The lowest BCUT2D eigenvalue weighted by Gasteiger charge is -2.35. The number of fused-ring (bicyclic) bond motifs is 6. The molecule has 1 fully saturated rings. The van der Waals surface area contributed by atoms with Crippen molar-refractivity contribution < 1.29 is 23.8 Å².